The average Bonchev–Trinajstić information content (AvgIpc) is 2.81. The molecule has 1 aromatic rings. The molecule has 4 heteroatoms. The molecule has 186 valence electrons. The lowest BCUT2D eigenvalue weighted by molar-refractivity contribution is 0.559. The molecule has 0 aliphatic heterocycles. The minimum absolute atomic E-state index is 0.946. The van der Waals surface area contributed by atoms with Crippen LogP contribution in [0.25, 0.3) is 0 Å². The Morgan fingerprint density at radius 3 is 1.12 bits per heavy atom. The zero-order chi connectivity index (χ0) is 23.0. The lowest BCUT2D eigenvalue weighted by atomic mass is 10.1. The predicted octanol–water partition coefficient (Wildman–Crippen LogP) is 9.14. The lowest BCUT2D eigenvalue weighted by Crippen LogP contribution is -2.07. The van der Waals surface area contributed by atoms with Crippen LogP contribution in [-0.2, 0) is 0 Å². The summed E-state index contributed by atoms with van der Waals surface area (Å²) in [7, 11) is 0. The summed E-state index contributed by atoms with van der Waals surface area (Å²) in [5, 5.41) is 6.92. The predicted molar refractivity (Wildman–Crippen MR) is 143 cm³/mol. The number of hydrogen-bond acceptors (Lipinski definition) is 4. The molecule has 0 atom stereocenters. The van der Waals surface area contributed by atoms with Gasteiger partial charge in [-0.1, -0.05) is 129 Å². The first-order valence-corrected chi connectivity index (χ1v) is 14.2. The fourth-order valence-electron chi connectivity index (χ4n) is 4.21. The summed E-state index contributed by atoms with van der Waals surface area (Å²) < 4.78 is 0. The summed E-state index contributed by atoms with van der Waals surface area (Å²) >= 11 is 0. The van der Waals surface area contributed by atoms with E-state index >= 15 is 0 Å². The highest BCUT2D eigenvalue weighted by molar-refractivity contribution is 5.46. The first-order valence-electron chi connectivity index (χ1n) is 14.2. The van der Waals surface area contributed by atoms with Crippen molar-refractivity contribution in [2.24, 2.45) is 0 Å². The third kappa shape index (κ3) is 18.3. The van der Waals surface area contributed by atoms with Crippen LogP contribution in [0.15, 0.2) is 12.4 Å². The van der Waals surface area contributed by atoms with E-state index in [1.807, 2.05) is 6.07 Å². The van der Waals surface area contributed by atoms with Crippen molar-refractivity contribution < 1.29 is 0 Å². The molecule has 1 rings (SSSR count). The number of nitrogens with zero attached hydrogens (tertiary/aromatic N) is 2. The second kappa shape index (κ2) is 22.9. The summed E-state index contributed by atoms with van der Waals surface area (Å²) in [4.78, 5) is 8.73. The summed E-state index contributed by atoms with van der Waals surface area (Å²) in [5.74, 6) is 1.89. The normalized spacial score (nSPS) is 11.1. The van der Waals surface area contributed by atoms with Gasteiger partial charge in [0.05, 0.1) is 0 Å². The minimum Gasteiger partial charge on any atom is -0.370 e. The Morgan fingerprint density at radius 2 is 0.781 bits per heavy atom. The van der Waals surface area contributed by atoms with Gasteiger partial charge in [-0.3, -0.25) is 0 Å². The third-order valence-corrected chi connectivity index (χ3v) is 6.34. The standard InChI is InChI=1S/C28H54N4/c1-3-5-7-9-11-13-15-17-19-21-23-29-27-25-28(32-26-31-27)30-24-22-20-18-16-14-12-10-8-6-4-2/h25-26H,3-24H2,1-2H3,(H2,29,30,31,32). The van der Waals surface area contributed by atoms with Gasteiger partial charge in [0, 0.05) is 19.2 Å². The van der Waals surface area contributed by atoms with E-state index in [4.69, 9.17) is 0 Å². The number of hydrogen-bond donors (Lipinski definition) is 2. The van der Waals surface area contributed by atoms with Crippen molar-refractivity contribution in [1.82, 2.24) is 9.97 Å². The van der Waals surface area contributed by atoms with Crippen LogP contribution in [0.5, 0.6) is 0 Å². The van der Waals surface area contributed by atoms with Crippen LogP contribution >= 0.6 is 0 Å². The van der Waals surface area contributed by atoms with Crippen LogP contribution in [-0.4, -0.2) is 23.1 Å². The van der Waals surface area contributed by atoms with Gasteiger partial charge < -0.3 is 10.6 Å². The van der Waals surface area contributed by atoms with E-state index in [0.29, 0.717) is 0 Å². The maximum atomic E-state index is 4.36. The molecule has 1 heterocycles. The summed E-state index contributed by atoms with van der Waals surface area (Å²) in [5.41, 5.74) is 0. The van der Waals surface area contributed by atoms with Crippen LogP contribution in [0.3, 0.4) is 0 Å². The fourth-order valence-corrected chi connectivity index (χ4v) is 4.21. The van der Waals surface area contributed by atoms with Gasteiger partial charge in [0.1, 0.15) is 18.0 Å². The summed E-state index contributed by atoms with van der Waals surface area (Å²) in [6.07, 6.45) is 29.2. The Kier molecular flexibility index (Phi) is 20.5. The molecule has 0 aromatic carbocycles. The van der Waals surface area contributed by atoms with Crippen LogP contribution in [0.2, 0.25) is 0 Å². The van der Waals surface area contributed by atoms with Gasteiger partial charge in [0.25, 0.3) is 0 Å². The third-order valence-electron chi connectivity index (χ3n) is 6.34. The minimum atomic E-state index is 0.946. The Hall–Kier alpha value is -1.32. The molecule has 0 spiro atoms. The maximum absolute atomic E-state index is 4.36. The molecular weight excluding hydrogens is 392 g/mol. The van der Waals surface area contributed by atoms with Crippen molar-refractivity contribution in [2.75, 3.05) is 23.7 Å². The van der Waals surface area contributed by atoms with Crippen LogP contribution in [0, 0.1) is 0 Å². The van der Waals surface area contributed by atoms with E-state index in [2.05, 4.69) is 34.4 Å². The van der Waals surface area contributed by atoms with E-state index in [9.17, 15) is 0 Å². The Bertz CT molecular complexity index is 465. The van der Waals surface area contributed by atoms with Crippen molar-refractivity contribution in [3.8, 4) is 0 Å². The van der Waals surface area contributed by atoms with Gasteiger partial charge in [0.2, 0.25) is 0 Å². The van der Waals surface area contributed by atoms with Gasteiger partial charge in [-0.2, -0.15) is 0 Å². The van der Waals surface area contributed by atoms with E-state index in [1.54, 1.807) is 6.33 Å². The molecule has 0 aliphatic carbocycles. The number of aromatic nitrogens is 2. The van der Waals surface area contributed by atoms with Crippen LogP contribution < -0.4 is 10.6 Å². The largest absolute Gasteiger partial charge is 0.370 e. The zero-order valence-corrected chi connectivity index (χ0v) is 21.6. The lowest BCUT2D eigenvalue weighted by Gasteiger charge is -2.09. The van der Waals surface area contributed by atoms with Gasteiger partial charge in [-0.25, -0.2) is 9.97 Å². The number of nitrogens with one attached hydrogen (secondary N) is 2. The van der Waals surface area contributed by atoms with Gasteiger partial charge in [0.15, 0.2) is 0 Å². The Morgan fingerprint density at radius 1 is 0.469 bits per heavy atom. The first-order chi connectivity index (χ1) is 15.9. The molecule has 0 saturated heterocycles. The van der Waals surface area contributed by atoms with E-state index < -0.39 is 0 Å². The smallest absolute Gasteiger partial charge is 0.131 e. The molecule has 0 bridgehead atoms. The highest BCUT2D eigenvalue weighted by atomic mass is 15.1. The number of unbranched alkanes of at least 4 members (excludes halogenated alkanes) is 18. The Labute approximate surface area is 200 Å². The monoisotopic (exact) mass is 446 g/mol. The molecule has 1 aromatic heterocycles. The van der Waals surface area contributed by atoms with E-state index in [1.165, 1.54) is 128 Å². The topological polar surface area (TPSA) is 49.8 Å². The first kappa shape index (κ1) is 28.7. The van der Waals surface area contributed by atoms with Crippen molar-refractivity contribution in [3.05, 3.63) is 12.4 Å². The van der Waals surface area contributed by atoms with Crippen molar-refractivity contribution >= 4 is 11.6 Å². The van der Waals surface area contributed by atoms with Crippen LogP contribution in [0.1, 0.15) is 142 Å². The molecular formula is C28H54N4. The van der Waals surface area contributed by atoms with E-state index in [0.717, 1.165) is 24.7 Å². The molecule has 2 N–H and O–H groups in total. The highest BCUT2D eigenvalue weighted by Crippen LogP contribution is 2.13. The second-order valence-electron chi connectivity index (χ2n) is 9.51. The zero-order valence-electron chi connectivity index (χ0n) is 21.6. The Balaban J connectivity index is 1.94. The molecule has 0 radical (unpaired) electrons. The van der Waals surface area contributed by atoms with Gasteiger partial charge in [-0.15, -0.1) is 0 Å². The van der Waals surface area contributed by atoms with E-state index in [-0.39, 0.29) is 0 Å². The molecule has 32 heavy (non-hydrogen) atoms. The summed E-state index contributed by atoms with van der Waals surface area (Å²) in [6.45, 7) is 6.58. The second-order valence-corrected chi connectivity index (χ2v) is 9.51. The van der Waals surface area contributed by atoms with Gasteiger partial charge >= 0.3 is 0 Å². The molecule has 0 unspecified atom stereocenters. The maximum Gasteiger partial charge on any atom is 0.131 e. The fraction of sp³-hybridized carbons (Fsp3) is 0.857. The number of anilines is 2. The number of rotatable bonds is 24. The quantitative estimate of drug-likeness (QED) is 0.155. The van der Waals surface area contributed by atoms with Crippen molar-refractivity contribution in [1.29, 1.82) is 0 Å². The SMILES string of the molecule is CCCCCCCCCCCCNc1cc(NCCCCCCCCCCCC)ncn1. The molecule has 0 fully saturated rings. The highest BCUT2D eigenvalue weighted by Gasteiger charge is 1.99. The van der Waals surface area contributed by atoms with Crippen molar-refractivity contribution in [2.45, 2.75) is 142 Å². The average molecular weight is 447 g/mol. The molecule has 0 saturated carbocycles. The molecule has 0 aliphatic rings. The molecule has 0 amide bonds. The summed E-state index contributed by atoms with van der Waals surface area (Å²) in [6, 6.07) is 2.05. The van der Waals surface area contributed by atoms with Crippen molar-refractivity contribution in [3.63, 3.8) is 0 Å². The van der Waals surface area contributed by atoms with Crippen LogP contribution in [0.4, 0.5) is 11.6 Å². The molecule has 4 nitrogen and oxygen atoms in total. The van der Waals surface area contributed by atoms with Gasteiger partial charge in [-0.05, 0) is 12.8 Å².